The summed E-state index contributed by atoms with van der Waals surface area (Å²) >= 11 is 0. The molecule has 3 heterocycles. The molecule has 0 spiro atoms. The van der Waals surface area contributed by atoms with E-state index in [4.69, 9.17) is 0 Å². The number of aromatic nitrogens is 4. The fourth-order valence-corrected chi connectivity index (χ4v) is 5.08. The van der Waals surface area contributed by atoms with E-state index in [0.717, 1.165) is 52.3 Å². The summed E-state index contributed by atoms with van der Waals surface area (Å²) in [6, 6.07) is 21.2. The average molecular weight is 491 g/mol. The third-order valence-electron chi connectivity index (χ3n) is 7.00. The minimum atomic E-state index is -0.0969. The molecule has 1 atom stereocenters. The van der Waals surface area contributed by atoms with Crippen molar-refractivity contribution >= 4 is 23.1 Å². The summed E-state index contributed by atoms with van der Waals surface area (Å²) in [6.45, 7) is 0.681. The number of H-pyrrole nitrogens is 2. The van der Waals surface area contributed by atoms with Crippen LogP contribution in [0.1, 0.15) is 24.7 Å². The van der Waals surface area contributed by atoms with Gasteiger partial charge < -0.3 is 20.2 Å². The van der Waals surface area contributed by atoms with Gasteiger partial charge in [-0.15, -0.1) is 0 Å². The van der Waals surface area contributed by atoms with Crippen LogP contribution in [0.25, 0.3) is 44.4 Å². The number of nitrogens with one attached hydrogen (secondary N) is 3. The molecule has 0 unspecified atom stereocenters. The molecule has 0 bridgehead atoms. The number of hydrogen-bond donors (Lipinski definition) is 3. The molecular formula is C29H26N6O2. The first-order valence-corrected chi connectivity index (χ1v) is 12.3. The standard InChI is InChI=1S/C29H26N6O2/c36-18-31-16-28(37)35-11-1-2-27(35)29-32-15-26(34-29)20-5-3-19(4-6-20)21-7-8-23-13-24(10-9-22(23)12-21)25-14-30-17-33-25/h3-10,12-15,17-18,27H,1-2,11,16H2,(H,30,33)(H,31,36)(H,32,34)/t27-/m0/s1. The molecule has 1 aliphatic heterocycles. The topological polar surface area (TPSA) is 107 Å². The highest BCUT2D eigenvalue weighted by Gasteiger charge is 2.31. The maximum absolute atomic E-state index is 12.4. The molecule has 5 aromatic rings. The van der Waals surface area contributed by atoms with Crippen molar-refractivity contribution in [3.05, 3.63) is 85.2 Å². The number of carbonyl (C=O) groups excluding carboxylic acids is 2. The summed E-state index contributed by atoms with van der Waals surface area (Å²) in [4.78, 5) is 40.1. The molecule has 0 saturated carbocycles. The molecule has 3 N–H and O–H groups in total. The number of rotatable bonds is 7. The van der Waals surface area contributed by atoms with Gasteiger partial charge in [-0.05, 0) is 52.4 Å². The van der Waals surface area contributed by atoms with Gasteiger partial charge in [-0.25, -0.2) is 9.97 Å². The van der Waals surface area contributed by atoms with Crippen molar-refractivity contribution in [3.63, 3.8) is 0 Å². The molecule has 1 fully saturated rings. The van der Waals surface area contributed by atoms with Gasteiger partial charge in [0.15, 0.2) is 0 Å². The van der Waals surface area contributed by atoms with Gasteiger partial charge in [0.25, 0.3) is 0 Å². The van der Waals surface area contributed by atoms with Crippen molar-refractivity contribution in [3.8, 4) is 33.6 Å². The van der Waals surface area contributed by atoms with Crippen molar-refractivity contribution in [2.45, 2.75) is 18.9 Å². The number of amides is 2. The smallest absolute Gasteiger partial charge is 0.242 e. The molecule has 6 rings (SSSR count). The molecule has 184 valence electrons. The summed E-state index contributed by atoms with van der Waals surface area (Å²) < 4.78 is 0. The molecule has 3 aromatic carbocycles. The van der Waals surface area contributed by atoms with E-state index in [1.807, 2.05) is 12.4 Å². The van der Waals surface area contributed by atoms with Crippen molar-refractivity contribution in [2.75, 3.05) is 13.1 Å². The molecule has 1 aliphatic rings. The molecule has 37 heavy (non-hydrogen) atoms. The van der Waals surface area contributed by atoms with E-state index >= 15 is 0 Å². The van der Waals surface area contributed by atoms with Crippen LogP contribution in [-0.4, -0.2) is 50.2 Å². The molecule has 0 radical (unpaired) electrons. The van der Waals surface area contributed by atoms with Crippen LogP contribution in [0.15, 0.2) is 79.4 Å². The van der Waals surface area contributed by atoms with Crippen LogP contribution in [0.3, 0.4) is 0 Å². The van der Waals surface area contributed by atoms with E-state index in [2.05, 4.69) is 85.9 Å². The average Bonchev–Trinajstić information content (AvgIpc) is 3.73. The van der Waals surface area contributed by atoms with Crippen LogP contribution < -0.4 is 5.32 Å². The predicted octanol–water partition coefficient (Wildman–Crippen LogP) is 4.70. The Hall–Kier alpha value is -4.72. The molecule has 2 amide bonds. The second kappa shape index (κ2) is 9.73. The van der Waals surface area contributed by atoms with Gasteiger partial charge in [0, 0.05) is 12.1 Å². The Morgan fingerprint density at radius 3 is 2.43 bits per heavy atom. The highest BCUT2D eigenvalue weighted by Crippen LogP contribution is 2.33. The maximum Gasteiger partial charge on any atom is 0.242 e. The van der Waals surface area contributed by atoms with Crippen molar-refractivity contribution in [1.82, 2.24) is 30.2 Å². The Balaban J connectivity index is 1.20. The van der Waals surface area contributed by atoms with E-state index in [9.17, 15) is 9.59 Å². The maximum atomic E-state index is 12.4. The Kier molecular flexibility index (Phi) is 5.98. The quantitative estimate of drug-likeness (QED) is 0.288. The summed E-state index contributed by atoms with van der Waals surface area (Å²) in [5.41, 5.74) is 6.36. The number of imidazole rings is 2. The number of carbonyl (C=O) groups is 2. The number of hydrogen-bond acceptors (Lipinski definition) is 4. The molecule has 0 aliphatic carbocycles. The lowest BCUT2D eigenvalue weighted by molar-refractivity contribution is -0.132. The fraction of sp³-hybridized carbons (Fsp3) is 0.172. The Bertz CT molecular complexity index is 1560. The van der Waals surface area contributed by atoms with Crippen LogP contribution >= 0.6 is 0 Å². The summed E-state index contributed by atoms with van der Waals surface area (Å²) in [5, 5.41) is 4.82. The second-order valence-corrected chi connectivity index (χ2v) is 9.25. The molecule has 8 nitrogen and oxygen atoms in total. The highest BCUT2D eigenvalue weighted by molar-refractivity contribution is 5.90. The molecule has 2 aromatic heterocycles. The lowest BCUT2D eigenvalue weighted by Crippen LogP contribution is -2.37. The Morgan fingerprint density at radius 2 is 1.68 bits per heavy atom. The van der Waals surface area contributed by atoms with Crippen molar-refractivity contribution < 1.29 is 9.59 Å². The number of fused-ring (bicyclic) bond motifs is 1. The van der Waals surface area contributed by atoms with Gasteiger partial charge in [0.1, 0.15) is 5.82 Å². The number of nitrogens with zero attached hydrogens (tertiary/aromatic N) is 3. The van der Waals surface area contributed by atoms with Crippen LogP contribution in [0.2, 0.25) is 0 Å². The monoisotopic (exact) mass is 490 g/mol. The zero-order valence-corrected chi connectivity index (χ0v) is 20.1. The Morgan fingerprint density at radius 1 is 0.946 bits per heavy atom. The minimum absolute atomic E-state index is 0.00914. The van der Waals surface area contributed by atoms with E-state index in [1.165, 1.54) is 10.8 Å². The highest BCUT2D eigenvalue weighted by atomic mass is 16.2. The van der Waals surface area contributed by atoms with E-state index in [1.54, 1.807) is 11.2 Å². The lowest BCUT2D eigenvalue weighted by atomic mass is 9.98. The molecule has 1 saturated heterocycles. The van der Waals surface area contributed by atoms with E-state index in [0.29, 0.717) is 13.0 Å². The van der Waals surface area contributed by atoms with Gasteiger partial charge >= 0.3 is 0 Å². The third kappa shape index (κ3) is 4.49. The predicted molar refractivity (Wildman–Crippen MR) is 142 cm³/mol. The van der Waals surface area contributed by atoms with Crippen LogP contribution in [-0.2, 0) is 9.59 Å². The van der Waals surface area contributed by atoms with Crippen LogP contribution in [0, 0.1) is 0 Å². The fourth-order valence-electron chi connectivity index (χ4n) is 5.08. The number of aromatic amines is 2. The second-order valence-electron chi connectivity index (χ2n) is 9.25. The Labute approximate surface area is 213 Å². The zero-order valence-electron chi connectivity index (χ0n) is 20.1. The minimum Gasteiger partial charge on any atom is -0.350 e. The third-order valence-corrected chi connectivity index (χ3v) is 7.00. The largest absolute Gasteiger partial charge is 0.350 e. The van der Waals surface area contributed by atoms with Gasteiger partial charge in [-0.3, -0.25) is 9.59 Å². The van der Waals surface area contributed by atoms with Gasteiger partial charge in [-0.2, -0.15) is 0 Å². The van der Waals surface area contributed by atoms with Gasteiger partial charge in [0.2, 0.25) is 12.3 Å². The van der Waals surface area contributed by atoms with Crippen LogP contribution in [0.4, 0.5) is 0 Å². The van der Waals surface area contributed by atoms with Crippen molar-refractivity contribution in [2.24, 2.45) is 0 Å². The molecule has 8 heteroatoms. The zero-order chi connectivity index (χ0) is 25.2. The van der Waals surface area contributed by atoms with Crippen LogP contribution in [0.5, 0.6) is 0 Å². The van der Waals surface area contributed by atoms with E-state index < -0.39 is 0 Å². The molecular weight excluding hydrogens is 464 g/mol. The number of benzene rings is 3. The van der Waals surface area contributed by atoms with Gasteiger partial charge in [0.05, 0.1) is 42.7 Å². The summed E-state index contributed by atoms with van der Waals surface area (Å²) in [6.07, 6.45) is 7.66. The number of likely N-dealkylation sites (tertiary alicyclic amines) is 1. The van der Waals surface area contributed by atoms with Crippen molar-refractivity contribution in [1.29, 1.82) is 0 Å². The first kappa shape index (κ1) is 22.7. The lowest BCUT2D eigenvalue weighted by Gasteiger charge is -2.23. The summed E-state index contributed by atoms with van der Waals surface area (Å²) in [5.74, 6) is 0.685. The first-order valence-electron chi connectivity index (χ1n) is 12.3. The SMILES string of the molecule is O=CNCC(=O)N1CCC[C@H]1c1ncc(-c2ccc(-c3ccc4cc(-c5cnc[nH]5)ccc4c3)cc2)[nH]1. The van der Waals surface area contributed by atoms with Gasteiger partial charge in [-0.1, -0.05) is 48.5 Å². The normalized spacial score (nSPS) is 15.2. The first-order chi connectivity index (χ1) is 18.2. The van der Waals surface area contributed by atoms with E-state index in [-0.39, 0.29) is 18.5 Å². The summed E-state index contributed by atoms with van der Waals surface area (Å²) in [7, 11) is 0.